The van der Waals surface area contributed by atoms with Crippen molar-refractivity contribution in [2.24, 2.45) is 11.8 Å². The molecular weight excluding hydrogens is 384 g/mol. The summed E-state index contributed by atoms with van der Waals surface area (Å²) in [5, 5.41) is 0. The summed E-state index contributed by atoms with van der Waals surface area (Å²) in [5.74, 6) is 3.82. The molecule has 0 N–H and O–H groups in total. The predicted molar refractivity (Wildman–Crippen MR) is 110 cm³/mol. The van der Waals surface area contributed by atoms with Crippen LogP contribution < -0.4 is 18.9 Å². The fourth-order valence-electron chi connectivity index (χ4n) is 4.34. The average molecular weight is 412 g/mol. The van der Waals surface area contributed by atoms with E-state index in [1.807, 2.05) is 12.1 Å². The maximum absolute atomic E-state index is 6.30. The molecule has 1 saturated heterocycles. The maximum atomic E-state index is 6.30. The Morgan fingerprint density at radius 1 is 0.800 bits per heavy atom. The van der Waals surface area contributed by atoms with Crippen LogP contribution in [-0.4, -0.2) is 32.1 Å². The fourth-order valence-corrected chi connectivity index (χ4v) is 4.34. The molecule has 3 aliphatic rings. The van der Waals surface area contributed by atoms with Crippen molar-refractivity contribution < 1.29 is 28.4 Å². The van der Waals surface area contributed by atoms with Crippen LogP contribution in [0.1, 0.15) is 31.9 Å². The lowest BCUT2D eigenvalue weighted by atomic mass is 9.84. The first-order valence-corrected chi connectivity index (χ1v) is 10.5. The van der Waals surface area contributed by atoms with Gasteiger partial charge in [-0.1, -0.05) is 12.1 Å². The van der Waals surface area contributed by atoms with Gasteiger partial charge in [-0.2, -0.15) is 0 Å². The number of benzene rings is 2. The van der Waals surface area contributed by atoms with E-state index in [1.165, 1.54) is 11.1 Å². The lowest BCUT2D eigenvalue weighted by molar-refractivity contribution is -0.188. The molecule has 0 spiro atoms. The first-order chi connectivity index (χ1) is 14.4. The Labute approximate surface area is 177 Å². The Kier molecular flexibility index (Phi) is 4.99. The third-order valence-electron chi connectivity index (χ3n) is 5.74. The van der Waals surface area contributed by atoms with Gasteiger partial charge in [0.2, 0.25) is 13.6 Å². The molecule has 0 saturated carbocycles. The van der Waals surface area contributed by atoms with E-state index >= 15 is 0 Å². The number of fused-ring (bicyclic) bond motifs is 2. The fraction of sp³-hybridized carbons (Fsp3) is 0.500. The van der Waals surface area contributed by atoms with Gasteiger partial charge in [0.1, 0.15) is 0 Å². The Morgan fingerprint density at radius 2 is 1.37 bits per heavy atom. The lowest BCUT2D eigenvalue weighted by Gasteiger charge is -2.29. The van der Waals surface area contributed by atoms with Gasteiger partial charge in [-0.3, -0.25) is 0 Å². The Morgan fingerprint density at radius 3 is 1.97 bits per heavy atom. The first-order valence-electron chi connectivity index (χ1n) is 10.5. The van der Waals surface area contributed by atoms with Crippen molar-refractivity contribution >= 4 is 0 Å². The van der Waals surface area contributed by atoms with Gasteiger partial charge in [0, 0.05) is 5.92 Å². The molecule has 3 heterocycles. The molecule has 0 radical (unpaired) electrons. The standard InChI is InChI=1S/C24H28O6/c1-24(2,3)30-23-18(9-16-5-7-20-22(11-16)29-14-27-20)17(12-25-23)8-15-4-6-19-21(10-15)28-13-26-19/h4-7,10-11,17-18,23H,8-9,12-14H2,1-3H3. The van der Waals surface area contributed by atoms with Gasteiger partial charge >= 0.3 is 0 Å². The lowest BCUT2D eigenvalue weighted by Crippen LogP contribution is -2.33. The SMILES string of the molecule is CC(C)(C)OC1OCC(Cc2ccc3c(c2)OCO3)C1Cc1ccc2c(c1)OCO2. The molecule has 30 heavy (non-hydrogen) atoms. The summed E-state index contributed by atoms with van der Waals surface area (Å²) in [6.45, 7) is 7.45. The van der Waals surface area contributed by atoms with Gasteiger partial charge in [-0.15, -0.1) is 0 Å². The zero-order chi connectivity index (χ0) is 20.7. The Hall–Kier alpha value is -2.44. The molecule has 3 atom stereocenters. The average Bonchev–Trinajstić information content (AvgIpc) is 3.42. The molecule has 6 nitrogen and oxygen atoms in total. The topological polar surface area (TPSA) is 55.4 Å². The predicted octanol–water partition coefficient (Wildman–Crippen LogP) is 4.33. The molecule has 3 unspecified atom stereocenters. The van der Waals surface area contributed by atoms with Gasteiger partial charge in [0.15, 0.2) is 29.3 Å². The van der Waals surface area contributed by atoms with Crippen LogP contribution in [0.2, 0.25) is 0 Å². The molecule has 6 heteroatoms. The van der Waals surface area contributed by atoms with Crippen LogP contribution in [0.25, 0.3) is 0 Å². The van der Waals surface area contributed by atoms with Crippen molar-refractivity contribution in [3.63, 3.8) is 0 Å². The second-order valence-electron chi connectivity index (χ2n) is 9.14. The van der Waals surface area contributed by atoms with Crippen LogP contribution in [0.4, 0.5) is 0 Å². The van der Waals surface area contributed by atoms with Gasteiger partial charge in [0.05, 0.1) is 12.2 Å². The molecule has 1 fully saturated rings. The molecule has 0 amide bonds. The quantitative estimate of drug-likeness (QED) is 0.729. The molecule has 0 aromatic heterocycles. The van der Waals surface area contributed by atoms with E-state index in [4.69, 9.17) is 28.4 Å². The third kappa shape index (κ3) is 4.07. The summed E-state index contributed by atoms with van der Waals surface area (Å²) in [6.07, 6.45) is 1.51. The van der Waals surface area contributed by atoms with Crippen molar-refractivity contribution in [2.75, 3.05) is 20.2 Å². The van der Waals surface area contributed by atoms with E-state index in [0.29, 0.717) is 19.3 Å². The van der Waals surface area contributed by atoms with Crippen molar-refractivity contribution in [3.05, 3.63) is 47.5 Å². The minimum Gasteiger partial charge on any atom is -0.454 e. The number of hydrogen-bond donors (Lipinski definition) is 0. The second kappa shape index (κ2) is 7.67. The van der Waals surface area contributed by atoms with E-state index in [0.717, 1.165) is 35.8 Å². The zero-order valence-corrected chi connectivity index (χ0v) is 17.7. The zero-order valence-electron chi connectivity index (χ0n) is 17.7. The Balaban J connectivity index is 1.36. The third-order valence-corrected chi connectivity index (χ3v) is 5.74. The van der Waals surface area contributed by atoms with E-state index in [2.05, 4.69) is 45.0 Å². The van der Waals surface area contributed by atoms with E-state index in [-0.39, 0.29) is 24.6 Å². The minimum atomic E-state index is -0.272. The molecule has 0 aliphatic carbocycles. The van der Waals surface area contributed by atoms with Gasteiger partial charge < -0.3 is 28.4 Å². The normalized spacial score (nSPS) is 24.4. The highest BCUT2D eigenvalue weighted by molar-refractivity contribution is 5.45. The Bertz CT molecular complexity index is 918. The highest BCUT2D eigenvalue weighted by Crippen LogP contribution is 2.39. The maximum Gasteiger partial charge on any atom is 0.231 e. The van der Waals surface area contributed by atoms with Crippen LogP contribution in [0, 0.1) is 11.8 Å². The summed E-state index contributed by atoms with van der Waals surface area (Å²) >= 11 is 0. The van der Waals surface area contributed by atoms with Crippen LogP contribution in [-0.2, 0) is 22.3 Å². The van der Waals surface area contributed by atoms with E-state index in [1.54, 1.807) is 0 Å². The molecule has 2 aromatic rings. The highest BCUT2D eigenvalue weighted by Gasteiger charge is 2.40. The van der Waals surface area contributed by atoms with Crippen molar-refractivity contribution in [3.8, 4) is 23.0 Å². The number of ether oxygens (including phenoxy) is 6. The number of rotatable bonds is 5. The van der Waals surface area contributed by atoms with Gasteiger partial charge in [-0.05, 0) is 74.9 Å². The van der Waals surface area contributed by atoms with Crippen LogP contribution >= 0.6 is 0 Å². The van der Waals surface area contributed by atoms with Crippen LogP contribution in [0.3, 0.4) is 0 Å². The second-order valence-corrected chi connectivity index (χ2v) is 9.14. The molecule has 5 rings (SSSR count). The largest absolute Gasteiger partial charge is 0.454 e. The van der Waals surface area contributed by atoms with Gasteiger partial charge in [-0.25, -0.2) is 0 Å². The smallest absolute Gasteiger partial charge is 0.231 e. The molecule has 3 aliphatic heterocycles. The van der Waals surface area contributed by atoms with Crippen LogP contribution in [0.15, 0.2) is 36.4 Å². The summed E-state index contributed by atoms with van der Waals surface area (Å²) in [5.41, 5.74) is 2.15. The summed E-state index contributed by atoms with van der Waals surface area (Å²) in [6, 6.07) is 12.4. The molecule has 2 aromatic carbocycles. The van der Waals surface area contributed by atoms with Crippen molar-refractivity contribution in [2.45, 2.75) is 45.5 Å². The minimum absolute atomic E-state index is 0.231. The molecule has 0 bridgehead atoms. The monoisotopic (exact) mass is 412 g/mol. The number of hydrogen-bond acceptors (Lipinski definition) is 6. The van der Waals surface area contributed by atoms with Gasteiger partial charge in [0.25, 0.3) is 0 Å². The van der Waals surface area contributed by atoms with Crippen molar-refractivity contribution in [1.29, 1.82) is 0 Å². The molecular formula is C24H28O6. The van der Waals surface area contributed by atoms with E-state index < -0.39 is 0 Å². The van der Waals surface area contributed by atoms with Crippen LogP contribution in [0.5, 0.6) is 23.0 Å². The summed E-state index contributed by atoms with van der Waals surface area (Å²) in [4.78, 5) is 0. The first kappa shape index (κ1) is 19.5. The van der Waals surface area contributed by atoms with E-state index in [9.17, 15) is 0 Å². The molecule has 160 valence electrons. The highest BCUT2D eigenvalue weighted by atomic mass is 16.7. The summed E-state index contributed by atoms with van der Waals surface area (Å²) < 4.78 is 34.5. The summed E-state index contributed by atoms with van der Waals surface area (Å²) in [7, 11) is 0. The van der Waals surface area contributed by atoms with Crippen molar-refractivity contribution in [1.82, 2.24) is 0 Å².